The molecule has 0 saturated carbocycles. The minimum atomic E-state index is -0.500. The van der Waals surface area contributed by atoms with E-state index < -0.39 is 11.9 Å². The van der Waals surface area contributed by atoms with Gasteiger partial charge < -0.3 is 10.1 Å². The molecule has 0 fully saturated rings. The van der Waals surface area contributed by atoms with Gasteiger partial charge in [0.15, 0.2) is 0 Å². The molecule has 0 bridgehead atoms. The quantitative estimate of drug-likeness (QED) is 0.414. The molecule has 2 aromatic heterocycles. The maximum atomic E-state index is 13.1. The Balaban J connectivity index is 1.60. The van der Waals surface area contributed by atoms with Crippen LogP contribution in [0.1, 0.15) is 10.4 Å². The Kier molecular flexibility index (Phi) is 5.97. The second kappa shape index (κ2) is 8.83. The van der Waals surface area contributed by atoms with E-state index in [-0.39, 0.29) is 12.1 Å². The third-order valence-corrected chi connectivity index (χ3v) is 6.01. The van der Waals surface area contributed by atoms with Crippen LogP contribution in [-0.2, 0) is 16.1 Å². The molecule has 1 N–H and O–H groups in total. The van der Waals surface area contributed by atoms with Crippen molar-refractivity contribution in [2.45, 2.75) is 6.54 Å². The van der Waals surface area contributed by atoms with Gasteiger partial charge in [-0.05, 0) is 35.9 Å². The number of anilines is 1. The smallest absolute Gasteiger partial charge is 0.337 e. The summed E-state index contributed by atoms with van der Waals surface area (Å²) in [5.41, 5.74) is 2.14. The van der Waals surface area contributed by atoms with Crippen molar-refractivity contribution in [3.63, 3.8) is 0 Å². The lowest BCUT2D eigenvalue weighted by molar-refractivity contribution is -0.116. The Bertz CT molecular complexity index is 1350. The number of fused-ring (bicyclic) bond motifs is 1. The third kappa shape index (κ3) is 4.42. The zero-order valence-corrected chi connectivity index (χ0v) is 18.7. The minimum Gasteiger partial charge on any atom is -0.465 e. The normalized spacial score (nSPS) is 10.8. The fraction of sp³-hybridized carbons (Fsp3) is 0.0909. The Morgan fingerprint density at radius 3 is 2.71 bits per heavy atom. The number of hydrogen-bond donors (Lipinski definition) is 1. The average Bonchev–Trinajstić information content (AvgIpc) is 3.21. The van der Waals surface area contributed by atoms with Gasteiger partial charge in [-0.1, -0.05) is 34.1 Å². The molecule has 0 aliphatic carbocycles. The van der Waals surface area contributed by atoms with Crippen LogP contribution in [0, 0.1) is 0 Å². The number of nitrogens with zero attached hydrogens (tertiary/aromatic N) is 2. The first-order chi connectivity index (χ1) is 15.0. The summed E-state index contributed by atoms with van der Waals surface area (Å²) in [4.78, 5) is 42.3. The maximum Gasteiger partial charge on any atom is 0.337 e. The Hall–Kier alpha value is -3.30. The second-order valence-electron chi connectivity index (χ2n) is 6.63. The molecule has 9 heteroatoms. The van der Waals surface area contributed by atoms with E-state index in [1.807, 2.05) is 29.6 Å². The van der Waals surface area contributed by atoms with Crippen LogP contribution in [0.3, 0.4) is 0 Å². The number of amides is 1. The number of esters is 1. The first-order valence-electron chi connectivity index (χ1n) is 9.17. The number of ether oxygens (including phenoxy) is 1. The minimum absolute atomic E-state index is 0.208. The number of methoxy groups -OCH3 is 1. The second-order valence-corrected chi connectivity index (χ2v) is 8.41. The Labute approximate surface area is 189 Å². The predicted molar refractivity (Wildman–Crippen MR) is 123 cm³/mol. The van der Waals surface area contributed by atoms with Crippen LogP contribution in [0.25, 0.3) is 21.3 Å². The van der Waals surface area contributed by atoms with Gasteiger partial charge in [0.2, 0.25) is 5.91 Å². The van der Waals surface area contributed by atoms with Crippen molar-refractivity contribution in [2.75, 3.05) is 12.4 Å². The van der Waals surface area contributed by atoms with Crippen LogP contribution >= 0.6 is 27.3 Å². The number of thiophene rings is 1. The van der Waals surface area contributed by atoms with Gasteiger partial charge in [-0.15, -0.1) is 11.3 Å². The fourth-order valence-corrected chi connectivity index (χ4v) is 4.29. The summed E-state index contributed by atoms with van der Waals surface area (Å²) in [6.45, 7) is -0.208. The summed E-state index contributed by atoms with van der Waals surface area (Å²) in [6.07, 6.45) is 1.37. The van der Waals surface area contributed by atoms with Crippen molar-refractivity contribution in [3.05, 3.63) is 80.6 Å². The van der Waals surface area contributed by atoms with Crippen LogP contribution in [0.4, 0.5) is 5.69 Å². The molecule has 0 spiro atoms. The van der Waals surface area contributed by atoms with E-state index >= 15 is 0 Å². The lowest BCUT2D eigenvalue weighted by atomic mass is 10.1. The van der Waals surface area contributed by atoms with Gasteiger partial charge in [0.1, 0.15) is 11.4 Å². The van der Waals surface area contributed by atoms with E-state index in [0.717, 1.165) is 15.6 Å². The van der Waals surface area contributed by atoms with E-state index in [1.165, 1.54) is 35.4 Å². The van der Waals surface area contributed by atoms with Crippen LogP contribution in [0.5, 0.6) is 0 Å². The Morgan fingerprint density at radius 1 is 1.19 bits per heavy atom. The van der Waals surface area contributed by atoms with Gasteiger partial charge in [-0.25, -0.2) is 9.78 Å². The largest absolute Gasteiger partial charge is 0.465 e. The number of hydrogen-bond acceptors (Lipinski definition) is 6. The number of carbonyl (C=O) groups excluding carboxylic acids is 2. The summed E-state index contributed by atoms with van der Waals surface area (Å²) in [6, 6.07) is 14.0. The number of benzene rings is 2. The van der Waals surface area contributed by atoms with Crippen LogP contribution in [0.2, 0.25) is 0 Å². The molecule has 156 valence electrons. The van der Waals surface area contributed by atoms with Gasteiger partial charge >= 0.3 is 5.97 Å². The maximum absolute atomic E-state index is 13.1. The molecule has 0 radical (unpaired) electrons. The molecule has 2 heterocycles. The fourth-order valence-electron chi connectivity index (χ4n) is 3.12. The molecule has 31 heavy (non-hydrogen) atoms. The van der Waals surface area contributed by atoms with Crippen LogP contribution in [-0.4, -0.2) is 28.5 Å². The van der Waals surface area contributed by atoms with E-state index in [1.54, 1.807) is 18.2 Å². The van der Waals surface area contributed by atoms with Crippen molar-refractivity contribution < 1.29 is 14.3 Å². The predicted octanol–water partition coefficient (Wildman–Crippen LogP) is 4.31. The highest BCUT2D eigenvalue weighted by atomic mass is 79.9. The first-order valence-corrected chi connectivity index (χ1v) is 10.8. The van der Waals surface area contributed by atoms with Crippen LogP contribution < -0.4 is 10.9 Å². The van der Waals surface area contributed by atoms with Gasteiger partial charge in [0.05, 0.1) is 24.4 Å². The molecule has 0 aliphatic rings. The van der Waals surface area contributed by atoms with E-state index in [0.29, 0.717) is 21.5 Å². The third-order valence-electron chi connectivity index (χ3n) is 4.60. The highest BCUT2D eigenvalue weighted by Gasteiger charge is 2.15. The van der Waals surface area contributed by atoms with Crippen molar-refractivity contribution in [1.29, 1.82) is 0 Å². The lowest BCUT2D eigenvalue weighted by Gasteiger charge is -2.09. The highest BCUT2D eigenvalue weighted by Crippen LogP contribution is 2.31. The SMILES string of the molecule is COC(=O)c1cccc(NC(=O)Cn2cnc3scc(-c4ccc(Br)cc4)c3c2=O)c1. The zero-order valence-electron chi connectivity index (χ0n) is 16.3. The van der Waals surface area contributed by atoms with Gasteiger partial charge in [0, 0.05) is 21.1 Å². The summed E-state index contributed by atoms with van der Waals surface area (Å²) in [7, 11) is 1.29. The van der Waals surface area contributed by atoms with E-state index in [2.05, 4.69) is 31.0 Å². The van der Waals surface area contributed by atoms with Crippen molar-refractivity contribution in [1.82, 2.24) is 9.55 Å². The van der Waals surface area contributed by atoms with E-state index in [9.17, 15) is 14.4 Å². The molecule has 4 aromatic rings. The van der Waals surface area contributed by atoms with Crippen molar-refractivity contribution in [2.24, 2.45) is 0 Å². The number of halogens is 1. The molecular weight excluding hydrogens is 482 g/mol. The number of aromatic nitrogens is 2. The molecule has 0 aliphatic heterocycles. The topological polar surface area (TPSA) is 90.3 Å². The average molecular weight is 498 g/mol. The monoisotopic (exact) mass is 497 g/mol. The van der Waals surface area contributed by atoms with Crippen molar-refractivity contribution in [3.8, 4) is 11.1 Å². The standard InChI is InChI=1S/C22H16BrN3O4S/c1-30-22(29)14-3-2-4-16(9-14)25-18(27)10-26-12-24-20-19(21(26)28)17(11-31-20)13-5-7-15(23)8-6-13/h2-9,11-12H,10H2,1H3,(H,25,27). The van der Waals surface area contributed by atoms with Gasteiger partial charge in [-0.2, -0.15) is 0 Å². The van der Waals surface area contributed by atoms with E-state index in [4.69, 9.17) is 0 Å². The summed E-state index contributed by atoms with van der Waals surface area (Å²) in [5, 5.41) is 5.07. The summed E-state index contributed by atoms with van der Waals surface area (Å²) >= 11 is 4.79. The molecule has 4 rings (SSSR count). The Morgan fingerprint density at radius 2 is 1.97 bits per heavy atom. The number of nitrogens with one attached hydrogen (secondary N) is 1. The number of rotatable bonds is 5. The molecule has 7 nitrogen and oxygen atoms in total. The highest BCUT2D eigenvalue weighted by molar-refractivity contribution is 9.10. The number of carbonyl (C=O) groups is 2. The molecule has 0 atom stereocenters. The molecule has 0 saturated heterocycles. The molecule has 0 unspecified atom stereocenters. The summed E-state index contributed by atoms with van der Waals surface area (Å²) < 4.78 is 6.91. The first kappa shape index (κ1) is 21.0. The molecular formula is C22H16BrN3O4S. The van der Waals surface area contributed by atoms with Crippen LogP contribution in [0.15, 0.2) is 69.5 Å². The lowest BCUT2D eigenvalue weighted by Crippen LogP contribution is -2.27. The van der Waals surface area contributed by atoms with Gasteiger partial charge in [0.25, 0.3) is 5.56 Å². The van der Waals surface area contributed by atoms with Gasteiger partial charge in [-0.3, -0.25) is 14.2 Å². The zero-order chi connectivity index (χ0) is 22.0. The molecule has 2 aromatic carbocycles. The van der Waals surface area contributed by atoms with Crippen molar-refractivity contribution >= 4 is 55.0 Å². The molecule has 1 amide bonds. The summed E-state index contributed by atoms with van der Waals surface area (Å²) in [5.74, 6) is -0.911.